The lowest BCUT2D eigenvalue weighted by atomic mass is 10.2. The van der Waals surface area contributed by atoms with Gasteiger partial charge in [-0.3, -0.25) is 4.52 Å². The smallest absolute Gasteiger partial charge is 0.392 e. The molecule has 0 aromatic heterocycles. The van der Waals surface area contributed by atoms with E-state index in [1.54, 1.807) is 18.2 Å². The van der Waals surface area contributed by atoms with Gasteiger partial charge in [0.2, 0.25) is 0 Å². The molecular weight excluding hydrogens is 211 g/mol. The molecule has 0 saturated heterocycles. The van der Waals surface area contributed by atoms with Crippen LogP contribution < -0.4 is 4.52 Å². The molecule has 0 aliphatic heterocycles. The molecule has 4 heteroatoms. The van der Waals surface area contributed by atoms with E-state index in [-0.39, 0.29) is 6.61 Å². The molecule has 1 N–H and O–H groups in total. The van der Waals surface area contributed by atoms with Crippen LogP contribution in [0.5, 0.6) is 5.75 Å². The summed E-state index contributed by atoms with van der Waals surface area (Å²) < 4.78 is 16.8. The molecule has 0 aliphatic carbocycles. The summed E-state index contributed by atoms with van der Waals surface area (Å²) >= 11 is 0. The zero-order valence-corrected chi connectivity index (χ0v) is 9.74. The summed E-state index contributed by atoms with van der Waals surface area (Å²) in [5.41, 5.74) is 0.678. The zero-order valence-electron chi connectivity index (χ0n) is 8.85. The van der Waals surface area contributed by atoms with Crippen LogP contribution >= 0.6 is 8.03 Å². The molecule has 1 aromatic rings. The second-order valence-corrected chi connectivity index (χ2v) is 4.56. The first-order valence-electron chi connectivity index (χ1n) is 5.09. The lowest BCUT2D eigenvalue weighted by Gasteiger charge is -1.99. The summed E-state index contributed by atoms with van der Waals surface area (Å²) in [7, 11) is -1.65. The van der Waals surface area contributed by atoms with Gasteiger partial charge in [-0.1, -0.05) is 31.5 Å². The van der Waals surface area contributed by atoms with Crippen molar-refractivity contribution in [3.63, 3.8) is 0 Å². The minimum atomic E-state index is -1.65. The topological polar surface area (TPSA) is 46.5 Å². The van der Waals surface area contributed by atoms with Gasteiger partial charge in [0, 0.05) is 5.56 Å². The Labute approximate surface area is 91.0 Å². The van der Waals surface area contributed by atoms with Crippen molar-refractivity contribution < 1.29 is 14.2 Å². The van der Waals surface area contributed by atoms with Crippen LogP contribution in [0.15, 0.2) is 24.3 Å². The Bertz CT molecular complexity index is 325. The second-order valence-electron chi connectivity index (χ2n) is 3.27. The summed E-state index contributed by atoms with van der Waals surface area (Å²) in [6, 6.07) is 7.11. The van der Waals surface area contributed by atoms with E-state index in [4.69, 9.17) is 9.63 Å². The van der Waals surface area contributed by atoms with Crippen molar-refractivity contribution in [1.29, 1.82) is 0 Å². The first-order valence-corrected chi connectivity index (χ1v) is 6.45. The molecule has 0 spiro atoms. The molecule has 15 heavy (non-hydrogen) atoms. The summed E-state index contributed by atoms with van der Waals surface area (Å²) in [6.45, 7) is 1.96. The van der Waals surface area contributed by atoms with Crippen LogP contribution in [0.2, 0.25) is 0 Å². The fourth-order valence-electron chi connectivity index (χ4n) is 1.17. The number of aliphatic hydroxyl groups is 1. The normalized spacial score (nSPS) is 11.2. The predicted octanol–water partition coefficient (Wildman–Crippen LogP) is 3.10. The summed E-state index contributed by atoms with van der Waals surface area (Å²) in [5.74, 6) is 0.525. The van der Waals surface area contributed by atoms with E-state index in [0.717, 1.165) is 12.8 Å². The molecular formula is C11H16O3P+. The largest absolute Gasteiger partial charge is 0.556 e. The maximum Gasteiger partial charge on any atom is 0.556 e. The molecule has 1 unspecified atom stereocenters. The molecule has 1 atom stereocenters. The second kappa shape index (κ2) is 6.54. The highest BCUT2D eigenvalue weighted by atomic mass is 31.1. The molecule has 82 valence electrons. The van der Waals surface area contributed by atoms with Crippen LogP contribution in [-0.4, -0.2) is 11.3 Å². The highest BCUT2D eigenvalue weighted by Crippen LogP contribution is 2.30. The molecule has 1 aromatic carbocycles. The molecule has 0 amide bonds. The van der Waals surface area contributed by atoms with Gasteiger partial charge in [-0.15, -0.1) is 0 Å². The molecule has 0 heterocycles. The summed E-state index contributed by atoms with van der Waals surface area (Å²) in [4.78, 5) is 0. The van der Waals surface area contributed by atoms with Gasteiger partial charge in [-0.05, 0) is 17.1 Å². The van der Waals surface area contributed by atoms with E-state index < -0.39 is 8.03 Å². The quantitative estimate of drug-likeness (QED) is 0.759. The molecule has 3 nitrogen and oxygen atoms in total. The molecule has 0 radical (unpaired) electrons. The molecule has 0 fully saturated rings. The van der Waals surface area contributed by atoms with Crippen molar-refractivity contribution in [2.75, 3.05) is 6.16 Å². The number of benzene rings is 1. The Morgan fingerprint density at radius 1 is 1.40 bits per heavy atom. The van der Waals surface area contributed by atoms with Crippen LogP contribution in [0.4, 0.5) is 0 Å². The number of para-hydroxylation sites is 1. The van der Waals surface area contributed by atoms with Crippen LogP contribution in [-0.2, 0) is 11.2 Å². The van der Waals surface area contributed by atoms with E-state index >= 15 is 0 Å². The van der Waals surface area contributed by atoms with Crippen LogP contribution in [0.25, 0.3) is 0 Å². The van der Waals surface area contributed by atoms with Crippen molar-refractivity contribution in [1.82, 2.24) is 0 Å². The minimum Gasteiger partial charge on any atom is -0.392 e. The zero-order chi connectivity index (χ0) is 11.1. The molecule has 1 rings (SSSR count). The average molecular weight is 227 g/mol. The monoisotopic (exact) mass is 227 g/mol. The third-order valence-electron chi connectivity index (χ3n) is 2.04. The Balaban J connectivity index is 2.59. The van der Waals surface area contributed by atoms with Crippen molar-refractivity contribution in [2.24, 2.45) is 0 Å². The number of hydrogen-bond donors (Lipinski definition) is 1. The number of rotatable bonds is 6. The van der Waals surface area contributed by atoms with Gasteiger partial charge in [0.15, 0.2) is 11.9 Å². The van der Waals surface area contributed by atoms with Gasteiger partial charge in [-0.2, -0.15) is 0 Å². The Kier molecular flexibility index (Phi) is 5.30. The average Bonchev–Trinajstić information content (AvgIpc) is 2.27. The Morgan fingerprint density at radius 3 is 2.80 bits per heavy atom. The van der Waals surface area contributed by atoms with Crippen LogP contribution in [0.3, 0.4) is 0 Å². The van der Waals surface area contributed by atoms with E-state index in [9.17, 15) is 4.57 Å². The van der Waals surface area contributed by atoms with Gasteiger partial charge < -0.3 is 5.11 Å². The van der Waals surface area contributed by atoms with Gasteiger partial charge in [0.1, 0.15) is 0 Å². The van der Waals surface area contributed by atoms with Crippen molar-refractivity contribution in [2.45, 2.75) is 26.4 Å². The van der Waals surface area contributed by atoms with Crippen molar-refractivity contribution >= 4 is 8.03 Å². The predicted molar refractivity (Wildman–Crippen MR) is 60.4 cm³/mol. The summed E-state index contributed by atoms with van der Waals surface area (Å²) in [6.07, 6.45) is 2.48. The van der Waals surface area contributed by atoms with Gasteiger partial charge in [0.25, 0.3) is 0 Å². The Hall–Kier alpha value is -0.920. The maximum atomic E-state index is 11.5. The van der Waals surface area contributed by atoms with E-state index in [1.165, 1.54) is 0 Å². The third kappa shape index (κ3) is 3.98. The lowest BCUT2D eigenvalue weighted by molar-refractivity contribution is 0.278. The van der Waals surface area contributed by atoms with Gasteiger partial charge in [0.05, 0.1) is 6.61 Å². The van der Waals surface area contributed by atoms with Gasteiger partial charge >= 0.3 is 8.03 Å². The SMILES string of the molecule is CCCC[P+](=O)Oc1ccccc1CO. The molecule has 0 saturated carbocycles. The fourth-order valence-corrected chi connectivity index (χ4v) is 2.23. The van der Waals surface area contributed by atoms with Crippen molar-refractivity contribution in [3.8, 4) is 5.75 Å². The number of aliphatic hydroxyl groups excluding tert-OH is 1. The highest BCUT2D eigenvalue weighted by Gasteiger charge is 2.19. The first-order chi connectivity index (χ1) is 7.27. The van der Waals surface area contributed by atoms with E-state index in [1.807, 2.05) is 13.0 Å². The lowest BCUT2D eigenvalue weighted by Crippen LogP contribution is -1.91. The molecule has 0 aliphatic rings. The Morgan fingerprint density at radius 2 is 2.13 bits per heavy atom. The fraction of sp³-hybridized carbons (Fsp3) is 0.455. The standard InChI is InChI=1S/C11H16O3P/c1-2-3-8-15(13)14-11-7-5-4-6-10(11)9-12/h4-7,12H,2-3,8-9H2,1H3/q+1. The number of unbranched alkanes of at least 4 members (excludes halogenated alkanes) is 1. The molecule has 0 bridgehead atoms. The highest BCUT2D eigenvalue weighted by molar-refractivity contribution is 7.39. The third-order valence-corrected chi connectivity index (χ3v) is 3.12. The van der Waals surface area contributed by atoms with E-state index in [0.29, 0.717) is 17.5 Å². The van der Waals surface area contributed by atoms with Crippen molar-refractivity contribution in [3.05, 3.63) is 29.8 Å². The van der Waals surface area contributed by atoms with E-state index in [2.05, 4.69) is 0 Å². The number of hydrogen-bond acceptors (Lipinski definition) is 3. The first kappa shape index (κ1) is 12.2. The van der Waals surface area contributed by atoms with Crippen LogP contribution in [0, 0.1) is 0 Å². The maximum absolute atomic E-state index is 11.5. The minimum absolute atomic E-state index is 0.0902. The van der Waals surface area contributed by atoms with Crippen LogP contribution in [0.1, 0.15) is 25.3 Å². The van der Waals surface area contributed by atoms with Gasteiger partial charge in [-0.25, -0.2) is 0 Å². The summed E-state index contributed by atoms with van der Waals surface area (Å²) in [5, 5.41) is 9.03.